The zero-order chi connectivity index (χ0) is 19.9. The molecule has 0 unspecified atom stereocenters. The van der Waals surface area contributed by atoms with Crippen LogP contribution in [0.4, 0.5) is 13.2 Å². The SMILES string of the molecule is O=c1c(-c2ccc(C(F)(F)F)cc2)c([C@H]2CCCC[C@H]2N2CCCCC2)c1=O. The highest BCUT2D eigenvalue weighted by Crippen LogP contribution is 2.40. The molecule has 0 radical (unpaired) electrons. The summed E-state index contributed by atoms with van der Waals surface area (Å²) in [5, 5.41) is 0. The van der Waals surface area contributed by atoms with Crippen molar-refractivity contribution in [1.82, 2.24) is 4.90 Å². The molecule has 2 aliphatic rings. The van der Waals surface area contributed by atoms with E-state index in [9.17, 15) is 22.8 Å². The largest absolute Gasteiger partial charge is 0.416 e. The van der Waals surface area contributed by atoms with Gasteiger partial charge in [0.25, 0.3) is 0 Å². The molecule has 2 aromatic rings. The number of piperidine rings is 1. The molecule has 3 nitrogen and oxygen atoms in total. The average Bonchev–Trinajstić information content (AvgIpc) is 2.71. The van der Waals surface area contributed by atoms with Crippen LogP contribution in [0.3, 0.4) is 0 Å². The Morgan fingerprint density at radius 2 is 1.46 bits per heavy atom. The molecule has 1 saturated heterocycles. The number of likely N-dealkylation sites (tertiary alicyclic amines) is 1. The van der Waals surface area contributed by atoms with Gasteiger partial charge >= 0.3 is 6.18 Å². The lowest BCUT2D eigenvalue weighted by Gasteiger charge is -2.42. The maximum absolute atomic E-state index is 12.8. The minimum absolute atomic E-state index is 0.00865. The zero-order valence-electron chi connectivity index (χ0n) is 15.7. The number of alkyl halides is 3. The van der Waals surface area contributed by atoms with E-state index in [2.05, 4.69) is 4.90 Å². The van der Waals surface area contributed by atoms with Crippen molar-refractivity contribution in [2.24, 2.45) is 0 Å². The molecule has 0 N–H and O–H groups in total. The van der Waals surface area contributed by atoms with Gasteiger partial charge in [0.05, 0.1) is 5.56 Å². The van der Waals surface area contributed by atoms with Gasteiger partial charge in [-0.3, -0.25) is 14.5 Å². The molecule has 1 aliphatic carbocycles. The van der Waals surface area contributed by atoms with Crippen molar-refractivity contribution in [1.29, 1.82) is 0 Å². The van der Waals surface area contributed by atoms with Crippen molar-refractivity contribution in [2.75, 3.05) is 13.1 Å². The van der Waals surface area contributed by atoms with E-state index in [0.717, 1.165) is 63.7 Å². The lowest BCUT2D eigenvalue weighted by atomic mass is 9.74. The molecule has 2 atom stereocenters. The molecular weight excluding hydrogens is 367 g/mol. The minimum atomic E-state index is -4.42. The second-order valence-electron chi connectivity index (χ2n) is 8.08. The molecule has 0 bridgehead atoms. The number of halogens is 3. The second-order valence-corrected chi connectivity index (χ2v) is 8.08. The summed E-state index contributed by atoms with van der Waals surface area (Å²) in [7, 11) is 0. The van der Waals surface area contributed by atoms with Crippen molar-refractivity contribution in [2.45, 2.75) is 63.1 Å². The van der Waals surface area contributed by atoms with Crippen LogP contribution in [0, 0.1) is 0 Å². The minimum Gasteiger partial charge on any atom is -0.300 e. The van der Waals surface area contributed by atoms with E-state index in [-0.39, 0.29) is 12.0 Å². The van der Waals surface area contributed by atoms with E-state index in [4.69, 9.17) is 0 Å². The van der Waals surface area contributed by atoms with Crippen LogP contribution >= 0.6 is 0 Å². The number of nitrogens with zero attached hydrogens (tertiary/aromatic N) is 1. The summed E-state index contributed by atoms with van der Waals surface area (Å²) < 4.78 is 38.5. The summed E-state index contributed by atoms with van der Waals surface area (Å²) in [6.45, 7) is 2.04. The van der Waals surface area contributed by atoms with Gasteiger partial charge in [-0.05, 0) is 56.5 Å². The van der Waals surface area contributed by atoms with Crippen molar-refractivity contribution in [3.8, 4) is 11.1 Å². The highest BCUT2D eigenvalue weighted by atomic mass is 19.4. The van der Waals surface area contributed by atoms with Gasteiger partial charge in [0.2, 0.25) is 10.9 Å². The summed E-state index contributed by atoms with van der Waals surface area (Å²) in [4.78, 5) is 27.3. The fourth-order valence-corrected chi connectivity index (χ4v) is 5.01. The van der Waals surface area contributed by atoms with Gasteiger partial charge in [0.15, 0.2) is 0 Å². The normalized spacial score (nSPS) is 24.5. The van der Waals surface area contributed by atoms with Crippen molar-refractivity contribution < 1.29 is 13.2 Å². The van der Waals surface area contributed by atoms with Gasteiger partial charge in [-0.25, -0.2) is 0 Å². The number of hydrogen-bond acceptors (Lipinski definition) is 3. The van der Waals surface area contributed by atoms with E-state index in [0.29, 0.717) is 16.7 Å². The van der Waals surface area contributed by atoms with Crippen molar-refractivity contribution >= 4 is 0 Å². The Morgan fingerprint density at radius 3 is 2.11 bits per heavy atom. The topological polar surface area (TPSA) is 37.4 Å². The van der Waals surface area contributed by atoms with E-state index >= 15 is 0 Å². The van der Waals surface area contributed by atoms with Gasteiger partial charge in [0.1, 0.15) is 0 Å². The molecule has 0 spiro atoms. The number of benzene rings is 1. The molecule has 0 amide bonds. The Kier molecular flexibility index (Phi) is 5.17. The Labute approximate surface area is 161 Å². The molecule has 2 fully saturated rings. The fourth-order valence-electron chi connectivity index (χ4n) is 5.01. The molecule has 1 aliphatic heterocycles. The van der Waals surface area contributed by atoms with E-state index in [1.807, 2.05) is 0 Å². The first kappa shape index (κ1) is 19.4. The summed E-state index contributed by atoms with van der Waals surface area (Å²) in [5.74, 6) is 0.00865. The van der Waals surface area contributed by atoms with E-state index in [1.54, 1.807) is 0 Å². The predicted molar refractivity (Wildman–Crippen MR) is 102 cm³/mol. The van der Waals surface area contributed by atoms with Gasteiger partial charge < -0.3 is 0 Å². The summed E-state index contributed by atoms with van der Waals surface area (Å²) in [6, 6.07) is 4.87. The quantitative estimate of drug-likeness (QED) is 0.724. The molecule has 1 saturated carbocycles. The van der Waals surface area contributed by atoms with Crippen molar-refractivity contribution in [3.63, 3.8) is 0 Å². The van der Waals surface area contributed by atoms with Gasteiger partial charge in [-0.15, -0.1) is 0 Å². The summed E-state index contributed by atoms with van der Waals surface area (Å²) in [6.07, 6.45) is 3.11. The number of rotatable bonds is 3. The highest BCUT2D eigenvalue weighted by Gasteiger charge is 2.38. The first-order chi connectivity index (χ1) is 13.4. The van der Waals surface area contributed by atoms with Gasteiger partial charge in [-0.1, -0.05) is 31.4 Å². The maximum Gasteiger partial charge on any atom is 0.416 e. The van der Waals surface area contributed by atoms with E-state index < -0.39 is 22.6 Å². The van der Waals surface area contributed by atoms with Crippen molar-refractivity contribution in [3.05, 3.63) is 55.8 Å². The summed E-state index contributed by atoms with van der Waals surface area (Å²) >= 11 is 0. The Balaban J connectivity index is 1.68. The second kappa shape index (κ2) is 7.47. The van der Waals surface area contributed by atoms with E-state index in [1.165, 1.54) is 18.6 Å². The third-order valence-electron chi connectivity index (χ3n) is 6.41. The zero-order valence-corrected chi connectivity index (χ0v) is 15.7. The lowest BCUT2D eigenvalue weighted by molar-refractivity contribution is -0.137. The maximum atomic E-state index is 12.8. The molecule has 6 heteroatoms. The number of hydrogen-bond donors (Lipinski definition) is 0. The van der Waals surface area contributed by atoms with Gasteiger partial charge in [0, 0.05) is 23.1 Å². The first-order valence-electron chi connectivity index (χ1n) is 10.1. The average molecular weight is 391 g/mol. The summed E-state index contributed by atoms with van der Waals surface area (Å²) in [5.41, 5.74) is -0.426. The van der Waals surface area contributed by atoms with Crippen LogP contribution in [0.25, 0.3) is 11.1 Å². The van der Waals surface area contributed by atoms with Crippen LogP contribution in [-0.2, 0) is 6.18 Å². The van der Waals surface area contributed by atoms with Crippen LogP contribution in [-0.4, -0.2) is 24.0 Å². The predicted octanol–water partition coefficient (Wildman–Crippen LogP) is 4.48. The van der Waals surface area contributed by atoms with Crippen LogP contribution < -0.4 is 10.9 Å². The smallest absolute Gasteiger partial charge is 0.300 e. The monoisotopic (exact) mass is 391 g/mol. The molecule has 28 heavy (non-hydrogen) atoms. The van der Waals surface area contributed by atoms with Gasteiger partial charge in [-0.2, -0.15) is 13.2 Å². The molecule has 1 heterocycles. The molecule has 150 valence electrons. The molecular formula is C22H24F3NO2. The molecule has 0 aromatic heterocycles. The Hall–Kier alpha value is -1.95. The van der Waals surface area contributed by atoms with Crippen LogP contribution in [0.1, 0.15) is 62.0 Å². The first-order valence-corrected chi connectivity index (χ1v) is 10.1. The molecule has 4 rings (SSSR count). The Morgan fingerprint density at radius 1 is 0.821 bits per heavy atom. The Bertz CT molecular complexity index is 903. The van der Waals surface area contributed by atoms with Crippen LogP contribution in [0.5, 0.6) is 0 Å². The highest BCUT2D eigenvalue weighted by molar-refractivity contribution is 5.71. The third-order valence-corrected chi connectivity index (χ3v) is 6.41. The fraction of sp³-hybridized carbons (Fsp3) is 0.545. The van der Waals surface area contributed by atoms with Crippen LogP contribution in [0.15, 0.2) is 33.9 Å². The third kappa shape index (κ3) is 3.43. The van der Waals surface area contributed by atoms with Crippen LogP contribution in [0.2, 0.25) is 0 Å². The molecule has 2 aromatic carbocycles. The lowest BCUT2D eigenvalue weighted by Crippen LogP contribution is -2.49. The standard InChI is InChI=1S/C22H24F3NO2/c23-22(24,25)15-10-8-14(9-11-15)18-19(21(28)20(18)27)16-6-2-3-7-17(16)26-12-4-1-5-13-26/h8-11,16-17H,1-7,12-13H2/t16-,17+/m0/s1.